The number of carbonyl (C=O) groups excluding carboxylic acids is 4. The Morgan fingerprint density at radius 2 is 0.827 bits per heavy atom. The number of hydrogen-bond acceptors (Lipinski definition) is 11. The van der Waals surface area contributed by atoms with Crippen molar-refractivity contribution < 1.29 is 23.9 Å². The predicted octanol–water partition coefficient (Wildman–Crippen LogP) is 17.2. The highest BCUT2D eigenvalue weighted by atomic mass is 16.5. The summed E-state index contributed by atoms with van der Waals surface area (Å²) in [7, 11) is 1.66. The van der Waals surface area contributed by atoms with E-state index in [0.717, 1.165) is 162 Å². The number of fused-ring (bicyclic) bond motifs is 4. The number of hydrogen-bond donors (Lipinski definition) is 4. The summed E-state index contributed by atoms with van der Waals surface area (Å²) in [5.74, 6) is 1.12. The number of aromatic nitrogens is 4. The van der Waals surface area contributed by atoms with Crippen molar-refractivity contribution >= 4 is 52.1 Å². The third-order valence-corrected chi connectivity index (χ3v) is 18.8. The Labute approximate surface area is 604 Å². The number of aryl methyl sites for hydroxylation is 3. The van der Waals surface area contributed by atoms with Crippen LogP contribution in [0.5, 0.6) is 5.75 Å². The van der Waals surface area contributed by atoms with E-state index in [4.69, 9.17) is 21.8 Å². The molecule has 508 valence electrons. The highest BCUT2D eigenvalue weighted by molar-refractivity contribution is 5.98. The molecule has 4 amide bonds. The smallest absolute Gasteiger partial charge is 0.224 e. The van der Waals surface area contributed by atoms with Crippen LogP contribution in [0.3, 0.4) is 0 Å². The maximum absolute atomic E-state index is 11.9. The fraction of sp³-hybridized carbons (Fsp3) is 0.148. The van der Waals surface area contributed by atoms with Crippen molar-refractivity contribution in [2.75, 3.05) is 28.4 Å². The Hall–Kier alpha value is -13.5. The van der Waals surface area contributed by atoms with Crippen molar-refractivity contribution in [1.82, 2.24) is 19.9 Å². The molecule has 0 aliphatic carbocycles. The zero-order chi connectivity index (χ0) is 71.7. The molecule has 0 unspecified atom stereocenters. The lowest BCUT2D eigenvalue weighted by Gasteiger charge is -2.23. The van der Waals surface area contributed by atoms with E-state index in [1.165, 1.54) is 22.3 Å². The van der Waals surface area contributed by atoms with Crippen LogP contribution in [0.1, 0.15) is 104 Å². The number of ether oxygens (including phenoxy) is 1. The summed E-state index contributed by atoms with van der Waals surface area (Å²) in [6, 6.07) is 68.1. The first-order chi connectivity index (χ1) is 50.9. The molecule has 4 aromatic heterocycles. The fourth-order valence-corrected chi connectivity index (χ4v) is 13.5. The van der Waals surface area contributed by atoms with Crippen LogP contribution in [-0.2, 0) is 70.5 Å². The SMILES string of the molecule is COc1ccc(Cc2cc(-c3cccnc3)cc3c2NC(=O)CC3)cc1.N#Cc1ccc(Cc2cc(-c3cccnc3)cc3c2NC(=O)CC3)cc1.N#Cc1ccc(Cc2cc3c(cc2-c2cccnc2)CCC(=O)N3)cc1.[C-]#[N+]c1ccc(Cc2c(-c3cccnc3)ccc3c2CCC(=O)N3)cc1. The van der Waals surface area contributed by atoms with Gasteiger partial charge >= 0.3 is 0 Å². The van der Waals surface area contributed by atoms with E-state index in [2.05, 4.69) is 131 Å². The zero-order valence-corrected chi connectivity index (χ0v) is 57.3. The monoisotopic (exact) mass is 1360 g/mol. The Morgan fingerprint density at radius 1 is 0.404 bits per heavy atom. The maximum Gasteiger partial charge on any atom is 0.224 e. The molecule has 4 aliphatic heterocycles. The molecule has 0 saturated carbocycles. The maximum atomic E-state index is 11.9. The summed E-state index contributed by atoms with van der Waals surface area (Å²) in [5, 5.41) is 30.0. The molecule has 4 N–H and O–H groups in total. The Balaban J connectivity index is 0.000000123. The van der Waals surface area contributed by atoms with Crippen LogP contribution in [0.15, 0.2) is 244 Å². The van der Waals surface area contributed by atoms with Gasteiger partial charge in [0.05, 0.1) is 36.9 Å². The average Bonchev–Trinajstić information content (AvgIpc) is 0.780. The predicted molar refractivity (Wildman–Crippen MR) is 406 cm³/mol. The number of rotatable bonds is 13. The molecular formula is C88H71N11O5. The number of benzene rings is 8. The van der Waals surface area contributed by atoms with Crippen LogP contribution in [0.4, 0.5) is 28.4 Å². The van der Waals surface area contributed by atoms with Gasteiger partial charge in [-0.05, 0) is 244 Å². The summed E-state index contributed by atoms with van der Waals surface area (Å²) in [5.41, 5.74) is 28.2. The molecule has 0 fully saturated rings. The molecule has 0 spiro atoms. The first-order valence-corrected chi connectivity index (χ1v) is 34.4. The molecule has 16 nitrogen and oxygen atoms in total. The van der Waals surface area contributed by atoms with Crippen LogP contribution < -0.4 is 26.0 Å². The van der Waals surface area contributed by atoms with Gasteiger partial charge in [-0.3, -0.25) is 39.1 Å². The van der Waals surface area contributed by atoms with Crippen LogP contribution in [0.2, 0.25) is 0 Å². The number of amides is 4. The standard InChI is InChI=1S/3C22H17N3O.C22H20N2O2/c1-23-17-6-4-15(5-7-17)13-20-18(16-3-2-12-24-14-16)8-10-21-19(20)9-11-22(26)25-21;23-13-16-5-3-15(4-6-16)10-20-12-19(18-2-1-9-24-14-18)11-17-7-8-21(26)25-22(17)20;23-13-16-5-3-15(4-6-16)10-19-12-21-17(7-8-22(26)25-21)11-20(19)18-2-1-9-24-14-18;1-26-20-7-4-15(5-8-20)11-19-13-18(17-3-2-10-23-14-17)12-16-6-9-21(25)24-22(16)19/h2-8,10,12,14H,9,11,13H2,(H,25,26);2*1-6,9,11-12,14H,7-8,10H2,(H,25,26);2-5,7-8,10,12-14H,6,9,11H2,1H3,(H,24,25). The minimum absolute atomic E-state index is 0.0627. The molecule has 12 aromatic rings. The molecular weight excluding hydrogens is 1290 g/mol. The quantitative estimate of drug-likeness (QED) is 0.0794. The van der Waals surface area contributed by atoms with Gasteiger partial charge in [-0.25, -0.2) is 4.85 Å². The normalized spacial score (nSPS) is 12.9. The second kappa shape index (κ2) is 32.7. The first-order valence-electron chi connectivity index (χ1n) is 34.4. The van der Waals surface area contributed by atoms with Gasteiger partial charge in [0, 0.05) is 120 Å². The van der Waals surface area contributed by atoms with Gasteiger partial charge in [0.1, 0.15) is 5.75 Å². The molecule has 0 saturated heterocycles. The lowest BCUT2D eigenvalue weighted by Crippen LogP contribution is -2.20. The number of nitrogens with one attached hydrogen (secondary N) is 4. The number of nitriles is 2. The molecule has 16 heteroatoms. The molecule has 16 rings (SSSR count). The molecule has 0 atom stereocenters. The van der Waals surface area contributed by atoms with Crippen LogP contribution in [-0.4, -0.2) is 50.7 Å². The highest BCUT2D eigenvalue weighted by Crippen LogP contribution is 2.39. The van der Waals surface area contributed by atoms with Gasteiger partial charge in [0.15, 0.2) is 5.69 Å². The molecule has 104 heavy (non-hydrogen) atoms. The highest BCUT2D eigenvalue weighted by Gasteiger charge is 2.25. The van der Waals surface area contributed by atoms with E-state index < -0.39 is 0 Å². The van der Waals surface area contributed by atoms with Gasteiger partial charge in [-0.1, -0.05) is 91.0 Å². The number of nitrogens with zero attached hydrogens (tertiary/aromatic N) is 7. The molecule has 0 radical (unpaired) electrons. The van der Waals surface area contributed by atoms with Crippen LogP contribution in [0, 0.1) is 29.2 Å². The topological polar surface area (TPSA) is 229 Å². The number of anilines is 4. The van der Waals surface area contributed by atoms with E-state index in [1.807, 2.05) is 146 Å². The number of methoxy groups -OCH3 is 1. The Bertz CT molecular complexity index is 5220. The van der Waals surface area contributed by atoms with Crippen molar-refractivity contribution in [3.05, 3.63) is 333 Å². The van der Waals surface area contributed by atoms with Crippen molar-refractivity contribution in [2.45, 2.75) is 77.0 Å². The molecule has 8 aromatic carbocycles. The Morgan fingerprint density at radius 3 is 1.30 bits per heavy atom. The summed E-state index contributed by atoms with van der Waals surface area (Å²) in [6.45, 7) is 7.10. The van der Waals surface area contributed by atoms with Crippen molar-refractivity contribution in [3.63, 3.8) is 0 Å². The van der Waals surface area contributed by atoms with E-state index in [-0.39, 0.29) is 23.6 Å². The zero-order valence-electron chi connectivity index (χ0n) is 57.3. The van der Waals surface area contributed by atoms with Gasteiger partial charge in [-0.2, -0.15) is 10.5 Å². The number of pyridine rings is 4. The van der Waals surface area contributed by atoms with Crippen LogP contribution >= 0.6 is 0 Å². The van der Waals surface area contributed by atoms with Gasteiger partial charge < -0.3 is 26.0 Å². The summed E-state index contributed by atoms with van der Waals surface area (Å²) in [4.78, 5) is 67.8. The van der Waals surface area contributed by atoms with Crippen LogP contribution in [0.25, 0.3) is 49.4 Å². The minimum Gasteiger partial charge on any atom is -0.497 e. The van der Waals surface area contributed by atoms with Crippen molar-refractivity contribution in [3.8, 4) is 62.4 Å². The second-order valence-electron chi connectivity index (χ2n) is 25.7. The lowest BCUT2D eigenvalue weighted by molar-refractivity contribution is -0.117. The summed E-state index contributed by atoms with van der Waals surface area (Å²) in [6.07, 6.45) is 22.6. The lowest BCUT2D eigenvalue weighted by atomic mass is 9.87. The summed E-state index contributed by atoms with van der Waals surface area (Å²) < 4.78 is 5.24. The van der Waals surface area contributed by atoms with Gasteiger partial charge in [-0.15, -0.1) is 0 Å². The molecule has 4 aliphatic rings. The molecule has 0 bridgehead atoms. The fourth-order valence-electron chi connectivity index (χ4n) is 13.5. The van der Waals surface area contributed by atoms with E-state index >= 15 is 0 Å². The minimum atomic E-state index is 0.0627. The van der Waals surface area contributed by atoms with Crippen molar-refractivity contribution in [1.29, 1.82) is 10.5 Å². The van der Waals surface area contributed by atoms with E-state index in [9.17, 15) is 19.2 Å². The van der Waals surface area contributed by atoms with E-state index in [1.54, 1.807) is 31.9 Å². The van der Waals surface area contributed by atoms with E-state index in [0.29, 0.717) is 48.9 Å². The van der Waals surface area contributed by atoms with Gasteiger partial charge in [0.25, 0.3) is 0 Å². The third-order valence-electron chi connectivity index (χ3n) is 18.8. The number of carbonyl (C=O) groups is 4. The summed E-state index contributed by atoms with van der Waals surface area (Å²) >= 11 is 0. The molecule has 8 heterocycles. The second-order valence-corrected chi connectivity index (χ2v) is 25.7. The average molecular weight is 1360 g/mol. The van der Waals surface area contributed by atoms with Gasteiger partial charge in [0.2, 0.25) is 23.6 Å². The third kappa shape index (κ3) is 17.0. The first kappa shape index (κ1) is 69.0. The Kier molecular flexibility index (Phi) is 21.7. The van der Waals surface area contributed by atoms with Crippen molar-refractivity contribution in [2.24, 2.45) is 0 Å². The largest absolute Gasteiger partial charge is 0.497 e.